The summed E-state index contributed by atoms with van der Waals surface area (Å²) in [5.41, 5.74) is 1.78. The van der Waals surface area contributed by atoms with Crippen molar-refractivity contribution in [2.45, 2.75) is 45.4 Å². The third kappa shape index (κ3) is 6.98. The van der Waals surface area contributed by atoms with Crippen LogP contribution in [0.4, 0.5) is 22.7 Å². The van der Waals surface area contributed by atoms with Crippen molar-refractivity contribution in [3.63, 3.8) is 0 Å². The summed E-state index contributed by atoms with van der Waals surface area (Å²) in [6, 6.07) is 11.5. The van der Waals surface area contributed by atoms with Gasteiger partial charge in [0.2, 0.25) is 5.91 Å². The van der Waals surface area contributed by atoms with Crippen LogP contribution in [0.1, 0.15) is 55.8 Å². The highest BCUT2D eigenvalue weighted by molar-refractivity contribution is 7.80. The summed E-state index contributed by atoms with van der Waals surface area (Å²) in [7, 11) is 0. The van der Waals surface area contributed by atoms with Crippen LogP contribution < -0.4 is 20.9 Å². The topological polar surface area (TPSA) is 117 Å². The van der Waals surface area contributed by atoms with Gasteiger partial charge in [-0.2, -0.15) is 0 Å². The molecular formula is C24H29N5O4S. The zero-order valence-electron chi connectivity index (χ0n) is 19.1. The second kappa shape index (κ2) is 12.1. The SMILES string of the molecule is CCCCC(=O)Nc1cccc(NC(=S)NC(=O)c2ccc(N3CCCCC3)c([N+](=O)[O-])c2)c1. The summed E-state index contributed by atoms with van der Waals surface area (Å²) in [6.07, 6.45) is 5.30. The minimum absolute atomic E-state index is 0.0437. The normalized spacial score (nSPS) is 13.1. The molecule has 180 valence electrons. The molecule has 0 saturated carbocycles. The summed E-state index contributed by atoms with van der Waals surface area (Å²) in [6.45, 7) is 3.55. The first-order valence-corrected chi connectivity index (χ1v) is 11.8. The minimum Gasteiger partial charge on any atom is -0.366 e. The van der Waals surface area contributed by atoms with Crippen molar-refractivity contribution >= 4 is 51.9 Å². The van der Waals surface area contributed by atoms with Gasteiger partial charge < -0.3 is 15.5 Å². The van der Waals surface area contributed by atoms with E-state index in [0.717, 1.165) is 45.2 Å². The first-order chi connectivity index (χ1) is 16.4. The van der Waals surface area contributed by atoms with Crippen LogP contribution >= 0.6 is 12.2 Å². The van der Waals surface area contributed by atoms with E-state index in [0.29, 0.717) is 23.5 Å². The highest BCUT2D eigenvalue weighted by Crippen LogP contribution is 2.31. The van der Waals surface area contributed by atoms with Crippen LogP contribution in [0.2, 0.25) is 0 Å². The molecule has 34 heavy (non-hydrogen) atoms. The standard InChI is InChI=1S/C24H29N5O4S/c1-2-3-10-22(30)25-18-8-7-9-19(16-18)26-24(34)27-23(31)17-11-12-20(21(15-17)29(32)33)28-13-5-4-6-14-28/h7-9,11-12,15-16H,2-6,10,13-14H2,1H3,(H,25,30)(H2,26,27,31,34). The Morgan fingerprint density at radius 3 is 2.44 bits per heavy atom. The number of unbranched alkanes of at least 4 members (excludes halogenated alkanes) is 1. The smallest absolute Gasteiger partial charge is 0.293 e. The maximum atomic E-state index is 12.7. The lowest BCUT2D eigenvalue weighted by atomic mass is 10.1. The van der Waals surface area contributed by atoms with E-state index >= 15 is 0 Å². The molecule has 2 amide bonds. The van der Waals surface area contributed by atoms with Crippen molar-refractivity contribution in [2.75, 3.05) is 28.6 Å². The van der Waals surface area contributed by atoms with Crippen LogP contribution in [0.15, 0.2) is 42.5 Å². The van der Waals surface area contributed by atoms with Crippen molar-refractivity contribution in [1.29, 1.82) is 0 Å². The monoisotopic (exact) mass is 483 g/mol. The first kappa shape index (κ1) is 25.1. The fourth-order valence-electron chi connectivity index (χ4n) is 3.79. The number of nitro groups is 1. The second-order valence-electron chi connectivity index (χ2n) is 8.15. The highest BCUT2D eigenvalue weighted by atomic mass is 32.1. The number of rotatable bonds is 8. The van der Waals surface area contributed by atoms with Crippen LogP contribution in [0, 0.1) is 10.1 Å². The number of nitrogens with zero attached hydrogens (tertiary/aromatic N) is 2. The maximum absolute atomic E-state index is 12.7. The zero-order valence-corrected chi connectivity index (χ0v) is 20.0. The van der Waals surface area contributed by atoms with E-state index in [1.54, 1.807) is 36.4 Å². The lowest BCUT2D eigenvalue weighted by Crippen LogP contribution is -2.34. The number of hydrogen-bond donors (Lipinski definition) is 3. The van der Waals surface area contributed by atoms with Gasteiger partial charge >= 0.3 is 0 Å². The Bertz CT molecular complexity index is 1070. The molecule has 2 aromatic carbocycles. The van der Waals surface area contributed by atoms with E-state index in [9.17, 15) is 19.7 Å². The summed E-state index contributed by atoms with van der Waals surface area (Å²) >= 11 is 5.24. The number of benzene rings is 2. The summed E-state index contributed by atoms with van der Waals surface area (Å²) in [4.78, 5) is 37.8. The molecule has 0 aliphatic carbocycles. The van der Waals surface area contributed by atoms with Crippen LogP contribution in [0.3, 0.4) is 0 Å². The van der Waals surface area contributed by atoms with Gasteiger partial charge in [-0.25, -0.2) is 0 Å². The molecule has 1 heterocycles. The molecule has 2 aromatic rings. The summed E-state index contributed by atoms with van der Waals surface area (Å²) in [5.74, 6) is -0.612. The van der Waals surface area contributed by atoms with Crippen LogP contribution in [0.5, 0.6) is 0 Å². The number of piperidine rings is 1. The van der Waals surface area contributed by atoms with Crippen molar-refractivity contribution in [2.24, 2.45) is 0 Å². The maximum Gasteiger partial charge on any atom is 0.293 e. The lowest BCUT2D eigenvalue weighted by Gasteiger charge is -2.28. The van der Waals surface area contributed by atoms with Crippen LogP contribution in [-0.2, 0) is 4.79 Å². The molecule has 0 radical (unpaired) electrons. The van der Waals surface area contributed by atoms with E-state index in [4.69, 9.17) is 12.2 Å². The second-order valence-corrected chi connectivity index (χ2v) is 8.56. The summed E-state index contributed by atoms with van der Waals surface area (Å²) in [5, 5.41) is 20.0. The van der Waals surface area contributed by atoms with Crippen molar-refractivity contribution in [1.82, 2.24) is 5.32 Å². The average Bonchev–Trinajstić information content (AvgIpc) is 2.83. The molecule has 0 spiro atoms. The summed E-state index contributed by atoms with van der Waals surface area (Å²) < 4.78 is 0. The fraction of sp³-hybridized carbons (Fsp3) is 0.375. The van der Waals surface area contributed by atoms with Gasteiger partial charge in [0, 0.05) is 42.5 Å². The predicted octanol–water partition coefficient (Wildman–Crippen LogP) is 4.84. The van der Waals surface area contributed by atoms with Gasteiger partial charge in [-0.3, -0.25) is 25.0 Å². The lowest BCUT2D eigenvalue weighted by molar-refractivity contribution is -0.384. The van der Waals surface area contributed by atoms with Gasteiger partial charge in [0.1, 0.15) is 5.69 Å². The number of anilines is 3. The molecule has 1 fully saturated rings. The largest absolute Gasteiger partial charge is 0.366 e. The van der Waals surface area contributed by atoms with Gasteiger partial charge in [-0.1, -0.05) is 19.4 Å². The van der Waals surface area contributed by atoms with E-state index in [2.05, 4.69) is 16.0 Å². The molecule has 1 aliphatic heterocycles. The first-order valence-electron chi connectivity index (χ1n) is 11.4. The average molecular weight is 484 g/mol. The van der Waals surface area contributed by atoms with E-state index in [1.807, 2.05) is 11.8 Å². The molecule has 3 rings (SSSR count). The van der Waals surface area contributed by atoms with E-state index in [1.165, 1.54) is 6.07 Å². The Morgan fingerprint density at radius 2 is 1.76 bits per heavy atom. The molecule has 1 aliphatic rings. The number of hydrogen-bond acceptors (Lipinski definition) is 6. The number of nitrogens with one attached hydrogen (secondary N) is 3. The minimum atomic E-state index is -0.546. The Morgan fingerprint density at radius 1 is 1.06 bits per heavy atom. The third-order valence-corrected chi connectivity index (χ3v) is 5.72. The Hall–Kier alpha value is -3.53. The number of thiocarbonyl (C=S) groups is 1. The van der Waals surface area contributed by atoms with Crippen LogP contribution in [-0.4, -0.2) is 34.9 Å². The molecular weight excluding hydrogens is 454 g/mol. The molecule has 0 bridgehead atoms. The molecule has 0 unspecified atom stereocenters. The van der Waals surface area contributed by atoms with Gasteiger partial charge in [0.15, 0.2) is 5.11 Å². The fourth-order valence-corrected chi connectivity index (χ4v) is 4.00. The third-order valence-electron chi connectivity index (χ3n) is 5.52. The van der Waals surface area contributed by atoms with Crippen molar-refractivity contribution in [3.8, 4) is 0 Å². The van der Waals surface area contributed by atoms with Crippen LogP contribution in [0.25, 0.3) is 0 Å². The number of amides is 2. The Labute approximate surface area is 204 Å². The molecule has 0 aromatic heterocycles. The van der Waals surface area contributed by atoms with Gasteiger partial charge in [0.05, 0.1) is 4.92 Å². The van der Waals surface area contributed by atoms with Gasteiger partial charge in [-0.15, -0.1) is 0 Å². The Kier molecular flexibility index (Phi) is 8.92. The number of carbonyl (C=O) groups excluding carboxylic acids is 2. The molecule has 3 N–H and O–H groups in total. The molecule has 10 heteroatoms. The van der Waals surface area contributed by atoms with Crippen molar-refractivity contribution in [3.05, 3.63) is 58.1 Å². The Balaban J connectivity index is 1.64. The number of nitro benzene ring substituents is 1. The highest BCUT2D eigenvalue weighted by Gasteiger charge is 2.23. The molecule has 0 atom stereocenters. The zero-order chi connectivity index (χ0) is 24.5. The van der Waals surface area contributed by atoms with Crippen molar-refractivity contribution < 1.29 is 14.5 Å². The molecule has 1 saturated heterocycles. The van der Waals surface area contributed by atoms with E-state index < -0.39 is 10.8 Å². The predicted molar refractivity (Wildman–Crippen MR) is 137 cm³/mol. The van der Waals surface area contributed by atoms with E-state index in [-0.39, 0.29) is 22.3 Å². The quantitative estimate of drug-likeness (QED) is 0.279. The van der Waals surface area contributed by atoms with Gasteiger partial charge in [-0.05, 0) is 68.2 Å². The number of carbonyl (C=O) groups is 2. The van der Waals surface area contributed by atoms with Gasteiger partial charge in [0.25, 0.3) is 11.6 Å². The molecule has 9 nitrogen and oxygen atoms in total.